The van der Waals surface area contributed by atoms with Gasteiger partial charge >= 0.3 is 6.18 Å². The molecule has 0 fully saturated rings. The first-order valence-corrected chi connectivity index (χ1v) is 6.55. The minimum atomic E-state index is -4.20. The molecular weight excluding hydrogens is 305 g/mol. The smallest absolute Gasteiger partial charge is 0.389 e. The van der Waals surface area contributed by atoms with E-state index in [1.165, 1.54) is 0 Å². The highest BCUT2D eigenvalue weighted by atomic mass is 32.1. The van der Waals surface area contributed by atoms with Gasteiger partial charge in [0.05, 0.1) is 0 Å². The van der Waals surface area contributed by atoms with Crippen LogP contribution in [0.2, 0.25) is 0 Å². The van der Waals surface area contributed by atoms with Crippen molar-refractivity contribution in [2.75, 3.05) is 13.2 Å². The lowest BCUT2D eigenvalue weighted by Crippen LogP contribution is -2.30. The second kappa shape index (κ2) is 7.82. The third-order valence-electron chi connectivity index (χ3n) is 2.47. The molecule has 0 aliphatic heterocycles. The number of carbonyl (C=O) groups excluding carboxylic acids is 1. The highest BCUT2D eigenvalue weighted by molar-refractivity contribution is 7.80. The number of carbonyl (C=O) groups is 1. The molecule has 0 radical (unpaired) electrons. The number of ether oxygens (including phenoxy) is 1. The van der Waals surface area contributed by atoms with Crippen LogP contribution in [0.3, 0.4) is 0 Å². The second-order valence-corrected chi connectivity index (χ2v) is 4.69. The van der Waals surface area contributed by atoms with E-state index in [1.54, 1.807) is 24.3 Å². The summed E-state index contributed by atoms with van der Waals surface area (Å²) in [6, 6.07) is 6.51. The van der Waals surface area contributed by atoms with Gasteiger partial charge in [0.1, 0.15) is 10.7 Å². The normalized spacial score (nSPS) is 11.0. The van der Waals surface area contributed by atoms with E-state index in [0.717, 1.165) is 0 Å². The largest absolute Gasteiger partial charge is 0.484 e. The topological polar surface area (TPSA) is 64.3 Å². The fourth-order valence-electron chi connectivity index (χ4n) is 1.43. The number of hydrogen-bond donors (Lipinski definition) is 2. The van der Waals surface area contributed by atoms with E-state index in [-0.39, 0.29) is 24.6 Å². The van der Waals surface area contributed by atoms with Crippen LogP contribution in [0.25, 0.3) is 0 Å². The molecule has 0 unspecified atom stereocenters. The molecule has 4 nitrogen and oxygen atoms in total. The Morgan fingerprint density at radius 3 is 2.43 bits per heavy atom. The molecule has 1 aromatic rings. The van der Waals surface area contributed by atoms with Crippen LogP contribution in [-0.2, 0) is 4.79 Å². The predicted octanol–water partition coefficient (Wildman–Crippen LogP) is 2.16. The van der Waals surface area contributed by atoms with Crippen molar-refractivity contribution in [1.82, 2.24) is 5.32 Å². The van der Waals surface area contributed by atoms with Crippen LogP contribution < -0.4 is 15.8 Å². The number of nitrogens with two attached hydrogens (primary N) is 1. The first-order chi connectivity index (χ1) is 9.78. The lowest BCUT2D eigenvalue weighted by atomic mass is 10.2. The predicted molar refractivity (Wildman–Crippen MR) is 76.1 cm³/mol. The first kappa shape index (κ1) is 17.2. The van der Waals surface area contributed by atoms with Crippen LogP contribution >= 0.6 is 12.2 Å². The van der Waals surface area contributed by atoms with Crippen LogP contribution in [-0.4, -0.2) is 30.2 Å². The monoisotopic (exact) mass is 320 g/mol. The van der Waals surface area contributed by atoms with E-state index in [4.69, 9.17) is 22.7 Å². The maximum Gasteiger partial charge on any atom is 0.389 e. The van der Waals surface area contributed by atoms with Crippen molar-refractivity contribution in [3.05, 3.63) is 29.8 Å². The molecule has 0 atom stereocenters. The Morgan fingerprint density at radius 1 is 1.29 bits per heavy atom. The number of rotatable bonds is 7. The van der Waals surface area contributed by atoms with Crippen LogP contribution in [0.15, 0.2) is 24.3 Å². The average Bonchev–Trinajstić information content (AvgIpc) is 2.41. The zero-order valence-electron chi connectivity index (χ0n) is 11.1. The Labute approximate surface area is 125 Å². The van der Waals surface area contributed by atoms with Gasteiger partial charge in [0.2, 0.25) is 0 Å². The summed E-state index contributed by atoms with van der Waals surface area (Å²) in [6.07, 6.45) is -5.28. The summed E-state index contributed by atoms with van der Waals surface area (Å²) in [5, 5.41) is 2.35. The number of nitrogens with one attached hydrogen (secondary N) is 1. The summed E-state index contributed by atoms with van der Waals surface area (Å²) >= 11 is 4.79. The molecule has 0 bridgehead atoms. The number of halogens is 3. The van der Waals surface area contributed by atoms with E-state index >= 15 is 0 Å². The molecule has 0 aromatic heterocycles. The molecule has 0 saturated heterocycles. The Bertz CT molecular complexity index is 489. The molecule has 1 aromatic carbocycles. The molecule has 116 valence electrons. The number of thiocarbonyl (C=S) groups is 1. The molecule has 8 heteroatoms. The van der Waals surface area contributed by atoms with E-state index < -0.39 is 18.5 Å². The summed E-state index contributed by atoms with van der Waals surface area (Å²) < 4.78 is 40.8. The molecule has 21 heavy (non-hydrogen) atoms. The van der Waals surface area contributed by atoms with Crippen molar-refractivity contribution in [1.29, 1.82) is 0 Å². The van der Waals surface area contributed by atoms with Gasteiger partial charge in [-0.15, -0.1) is 0 Å². The maximum atomic E-state index is 11.9. The van der Waals surface area contributed by atoms with Crippen molar-refractivity contribution < 1.29 is 22.7 Å². The Kier molecular flexibility index (Phi) is 6.41. The van der Waals surface area contributed by atoms with Gasteiger partial charge in [-0.05, 0) is 30.7 Å². The van der Waals surface area contributed by atoms with Gasteiger partial charge in [-0.2, -0.15) is 13.2 Å². The zero-order chi connectivity index (χ0) is 15.9. The fraction of sp³-hybridized carbons (Fsp3) is 0.385. The van der Waals surface area contributed by atoms with Gasteiger partial charge in [0, 0.05) is 18.5 Å². The number of amides is 1. The molecule has 3 N–H and O–H groups in total. The summed E-state index contributed by atoms with van der Waals surface area (Å²) in [5.74, 6) is -0.0314. The minimum Gasteiger partial charge on any atom is -0.484 e. The molecule has 1 rings (SSSR count). The van der Waals surface area contributed by atoms with E-state index in [1.807, 2.05) is 0 Å². The lowest BCUT2D eigenvalue weighted by molar-refractivity contribution is -0.136. The van der Waals surface area contributed by atoms with Crippen molar-refractivity contribution in [3.63, 3.8) is 0 Å². The van der Waals surface area contributed by atoms with Crippen molar-refractivity contribution in [2.24, 2.45) is 5.73 Å². The van der Waals surface area contributed by atoms with E-state index in [2.05, 4.69) is 5.32 Å². The van der Waals surface area contributed by atoms with E-state index in [0.29, 0.717) is 11.3 Å². The maximum absolute atomic E-state index is 11.9. The zero-order valence-corrected chi connectivity index (χ0v) is 11.9. The van der Waals surface area contributed by atoms with Crippen molar-refractivity contribution in [2.45, 2.75) is 19.0 Å². The van der Waals surface area contributed by atoms with Crippen molar-refractivity contribution >= 4 is 23.1 Å². The molecular formula is C13H15F3N2O2S. The standard InChI is InChI=1S/C13H15F3N2O2S/c14-13(15,16)6-1-7-18-11(19)8-20-10-4-2-9(3-5-10)12(17)21/h2-5H,1,6-8H2,(H2,17,21)(H,18,19). The summed E-state index contributed by atoms with van der Waals surface area (Å²) in [4.78, 5) is 11.6. The van der Waals surface area contributed by atoms with Gasteiger partial charge in [0.15, 0.2) is 6.61 Å². The molecule has 0 heterocycles. The SMILES string of the molecule is NC(=S)c1ccc(OCC(=O)NCCCC(F)(F)F)cc1. The average molecular weight is 320 g/mol. The van der Waals surface area contributed by atoms with Gasteiger partial charge in [-0.1, -0.05) is 12.2 Å². The third-order valence-corrected chi connectivity index (χ3v) is 2.70. The Hall–Kier alpha value is -1.83. The quantitative estimate of drug-likeness (QED) is 0.597. The van der Waals surface area contributed by atoms with Crippen molar-refractivity contribution in [3.8, 4) is 5.75 Å². The molecule has 1 amide bonds. The second-order valence-electron chi connectivity index (χ2n) is 4.25. The minimum absolute atomic E-state index is 0.0396. The lowest BCUT2D eigenvalue weighted by Gasteiger charge is -2.09. The molecule has 0 aliphatic carbocycles. The van der Waals surface area contributed by atoms with Crippen LogP contribution in [0.4, 0.5) is 13.2 Å². The highest BCUT2D eigenvalue weighted by Crippen LogP contribution is 2.20. The summed E-state index contributed by atoms with van der Waals surface area (Å²) in [6.45, 7) is -0.305. The fourth-order valence-corrected chi connectivity index (χ4v) is 1.57. The number of benzene rings is 1. The molecule has 0 aliphatic rings. The van der Waals surface area contributed by atoms with Gasteiger partial charge in [0.25, 0.3) is 5.91 Å². The summed E-state index contributed by atoms with van der Waals surface area (Å²) in [5.41, 5.74) is 6.11. The van der Waals surface area contributed by atoms with Gasteiger partial charge in [-0.3, -0.25) is 4.79 Å². The first-order valence-electron chi connectivity index (χ1n) is 6.14. The van der Waals surface area contributed by atoms with Crippen LogP contribution in [0, 0.1) is 0 Å². The van der Waals surface area contributed by atoms with E-state index in [9.17, 15) is 18.0 Å². The summed E-state index contributed by atoms with van der Waals surface area (Å²) in [7, 11) is 0. The van der Waals surface area contributed by atoms with Crippen LogP contribution in [0.5, 0.6) is 5.75 Å². The van der Waals surface area contributed by atoms with Gasteiger partial charge < -0.3 is 15.8 Å². The molecule has 0 saturated carbocycles. The van der Waals surface area contributed by atoms with Gasteiger partial charge in [-0.25, -0.2) is 0 Å². The Balaban J connectivity index is 2.25. The number of alkyl halides is 3. The Morgan fingerprint density at radius 2 is 1.90 bits per heavy atom. The highest BCUT2D eigenvalue weighted by Gasteiger charge is 2.25. The third kappa shape index (κ3) is 7.50. The number of hydrogen-bond acceptors (Lipinski definition) is 3. The van der Waals surface area contributed by atoms with Crippen LogP contribution in [0.1, 0.15) is 18.4 Å². The molecule has 0 spiro atoms.